The summed E-state index contributed by atoms with van der Waals surface area (Å²) >= 11 is 1.80. The van der Waals surface area contributed by atoms with Gasteiger partial charge in [0, 0.05) is 17.5 Å². The summed E-state index contributed by atoms with van der Waals surface area (Å²) in [7, 11) is 0. The molecule has 0 spiro atoms. The highest BCUT2D eigenvalue weighted by Gasteiger charge is 2.18. The zero-order valence-corrected chi connectivity index (χ0v) is 8.71. The SMILES string of the molecule is CC1NCc2sccc2-n2cncc21. The van der Waals surface area contributed by atoms with Gasteiger partial charge in [0.2, 0.25) is 0 Å². The van der Waals surface area contributed by atoms with E-state index in [1.165, 1.54) is 16.3 Å². The Morgan fingerprint density at radius 2 is 2.57 bits per heavy atom. The third-order valence-electron chi connectivity index (χ3n) is 2.66. The van der Waals surface area contributed by atoms with Crippen LogP contribution in [0.2, 0.25) is 0 Å². The highest BCUT2D eigenvalue weighted by atomic mass is 32.1. The van der Waals surface area contributed by atoms with Crippen molar-refractivity contribution in [2.75, 3.05) is 0 Å². The average Bonchev–Trinajstić information content (AvgIpc) is 2.80. The molecule has 1 N–H and O–H groups in total. The van der Waals surface area contributed by atoms with Gasteiger partial charge in [0.1, 0.15) is 0 Å². The Morgan fingerprint density at radius 3 is 3.50 bits per heavy atom. The quantitative estimate of drug-likeness (QED) is 0.713. The summed E-state index contributed by atoms with van der Waals surface area (Å²) < 4.78 is 2.18. The van der Waals surface area contributed by atoms with Crippen LogP contribution in [0.25, 0.3) is 5.69 Å². The standard InChI is InChI=1S/C10H11N3S/c1-7-9-4-11-6-13(9)8-2-3-14-10(8)5-12-7/h2-4,6-7,12H,5H2,1H3. The van der Waals surface area contributed by atoms with Crippen molar-refractivity contribution in [2.24, 2.45) is 0 Å². The fourth-order valence-electron chi connectivity index (χ4n) is 1.86. The van der Waals surface area contributed by atoms with Crippen LogP contribution < -0.4 is 5.32 Å². The van der Waals surface area contributed by atoms with Crippen LogP contribution in [0.4, 0.5) is 0 Å². The van der Waals surface area contributed by atoms with E-state index >= 15 is 0 Å². The molecule has 4 heteroatoms. The monoisotopic (exact) mass is 205 g/mol. The Hall–Kier alpha value is -1.13. The molecule has 2 aromatic heterocycles. The van der Waals surface area contributed by atoms with E-state index in [-0.39, 0.29) is 0 Å². The van der Waals surface area contributed by atoms with E-state index in [1.807, 2.05) is 12.5 Å². The molecular formula is C10H11N3S. The summed E-state index contributed by atoms with van der Waals surface area (Å²) in [5.74, 6) is 0. The van der Waals surface area contributed by atoms with Gasteiger partial charge in [-0.3, -0.25) is 0 Å². The van der Waals surface area contributed by atoms with Gasteiger partial charge < -0.3 is 9.88 Å². The predicted molar refractivity (Wildman–Crippen MR) is 56.7 cm³/mol. The van der Waals surface area contributed by atoms with Crippen molar-refractivity contribution < 1.29 is 0 Å². The number of fused-ring (bicyclic) bond motifs is 3. The third kappa shape index (κ3) is 1.04. The molecule has 0 radical (unpaired) electrons. The topological polar surface area (TPSA) is 29.9 Å². The first-order chi connectivity index (χ1) is 6.86. The van der Waals surface area contributed by atoms with Crippen molar-refractivity contribution in [1.82, 2.24) is 14.9 Å². The maximum Gasteiger partial charge on any atom is 0.0995 e. The van der Waals surface area contributed by atoms with Crippen LogP contribution in [0.5, 0.6) is 0 Å². The van der Waals surface area contributed by atoms with E-state index in [1.54, 1.807) is 11.3 Å². The Kier molecular flexibility index (Phi) is 1.72. The second-order valence-electron chi connectivity index (χ2n) is 3.52. The smallest absolute Gasteiger partial charge is 0.0995 e. The van der Waals surface area contributed by atoms with Gasteiger partial charge in [-0.25, -0.2) is 4.98 Å². The number of nitrogens with one attached hydrogen (secondary N) is 1. The molecule has 1 atom stereocenters. The Bertz CT molecular complexity index is 457. The highest BCUT2D eigenvalue weighted by Crippen LogP contribution is 2.28. The van der Waals surface area contributed by atoms with Gasteiger partial charge in [-0.2, -0.15) is 0 Å². The minimum absolute atomic E-state index is 0.372. The molecule has 0 aliphatic carbocycles. The fourth-order valence-corrected chi connectivity index (χ4v) is 2.67. The van der Waals surface area contributed by atoms with Gasteiger partial charge in [-0.15, -0.1) is 11.3 Å². The summed E-state index contributed by atoms with van der Waals surface area (Å²) in [4.78, 5) is 5.58. The predicted octanol–water partition coefficient (Wildman–Crippen LogP) is 2.10. The van der Waals surface area contributed by atoms with Crippen molar-refractivity contribution in [3.8, 4) is 5.69 Å². The summed E-state index contributed by atoms with van der Waals surface area (Å²) in [6.45, 7) is 3.12. The van der Waals surface area contributed by atoms with Crippen molar-refractivity contribution in [3.63, 3.8) is 0 Å². The molecule has 1 aliphatic heterocycles. The number of nitrogens with zero attached hydrogens (tertiary/aromatic N) is 2. The van der Waals surface area contributed by atoms with Crippen molar-refractivity contribution >= 4 is 11.3 Å². The lowest BCUT2D eigenvalue weighted by Gasteiger charge is -2.09. The second kappa shape index (κ2) is 2.93. The molecule has 3 heterocycles. The van der Waals surface area contributed by atoms with Gasteiger partial charge in [-0.1, -0.05) is 0 Å². The molecule has 3 rings (SSSR count). The van der Waals surface area contributed by atoms with Crippen LogP contribution in [0.3, 0.4) is 0 Å². The minimum Gasteiger partial charge on any atom is -0.304 e. The van der Waals surface area contributed by atoms with E-state index < -0.39 is 0 Å². The largest absolute Gasteiger partial charge is 0.304 e. The number of hydrogen-bond donors (Lipinski definition) is 1. The Balaban J connectivity index is 2.26. The Labute approximate surface area is 86.4 Å². The molecular weight excluding hydrogens is 194 g/mol. The van der Waals surface area contributed by atoms with Crippen molar-refractivity contribution in [3.05, 3.63) is 34.5 Å². The zero-order chi connectivity index (χ0) is 9.54. The molecule has 3 nitrogen and oxygen atoms in total. The van der Waals surface area contributed by atoms with Crippen LogP contribution in [0, 0.1) is 0 Å². The summed E-state index contributed by atoms with van der Waals surface area (Å²) in [6, 6.07) is 2.53. The number of aromatic nitrogens is 2. The molecule has 0 bridgehead atoms. The number of thiophene rings is 1. The number of imidazole rings is 1. The van der Waals surface area contributed by atoms with Gasteiger partial charge >= 0.3 is 0 Å². The molecule has 0 aromatic carbocycles. The van der Waals surface area contributed by atoms with Gasteiger partial charge in [0.15, 0.2) is 0 Å². The van der Waals surface area contributed by atoms with E-state index in [0.717, 1.165) is 6.54 Å². The molecule has 0 saturated heterocycles. The number of rotatable bonds is 0. The lowest BCUT2D eigenvalue weighted by atomic mass is 10.2. The van der Waals surface area contributed by atoms with E-state index in [0.29, 0.717) is 6.04 Å². The molecule has 14 heavy (non-hydrogen) atoms. The van der Waals surface area contributed by atoms with E-state index in [9.17, 15) is 0 Å². The first kappa shape index (κ1) is 8.20. The first-order valence-electron chi connectivity index (χ1n) is 4.68. The maximum atomic E-state index is 4.20. The van der Waals surface area contributed by atoms with Crippen LogP contribution in [-0.4, -0.2) is 9.55 Å². The minimum atomic E-state index is 0.372. The Morgan fingerprint density at radius 1 is 1.64 bits per heavy atom. The molecule has 1 unspecified atom stereocenters. The van der Waals surface area contributed by atoms with E-state index in [4.69, 9.17) is 0 Å². The number of hydrogen-bond acceptors (Lipinski definition) is 3. The zero-order valence-electron chi connectivity index (χ0n) is 7.90. The van der Waals surface area contributed by atoms with Gasteiger partial charge in [0.25, 0.3) is 0 Å². The maximum absolute atomic E-state index is 4.20. The van der Waals surface area contributed by atoms with Crippen LogP contribution in [0.15, 0.2) is 24.0 Å². The van der Waals surface area contributed by atoms with Gasteiger partial charge in [0.05, 0.1) is 23.9 Å². The fraction of sp³-hybridized carbons (Fsp3) is 0.300. The molecule has 2 aromatic rings. The van der Waals surface area contributed by atoms with Crippen molar-refractivity contribution in [1.29, 1.82) is 0 Å². The van der Waals surface area contributed by atoms with Gasteiger partial charge in [-0.05, 0) is 18.4 Å². The second-order valence-corrected chi connectivity index (χ2v) is 4.52. The van der Waals surface area contributed by atoms with E-state index in [2.05, 4.69) is 33.2 Å². The lowest BCUT2D eigenvalue weighted by molar-refractivity contribution is 0.572. The molecule has 1 aliphatic rings. The third-order valence-corrected chi connectivity index (χ3v) is 3.57. The lowest BCUT2D eigenvalue weighted by Crippen LogP contribution is -2.16. The molecule has 0 saturated carbocycles. The highest BCUT2D eigenvalue weighted by molar-refractivity contribution is 7.10. The van der Waals surface area contributed by atoms with Crippen LogP contribution in [0.1, 0.15) is 23.5 Å². The molecule has 72 valence electrons. The molecule has 0 amide bonds. The average molecular weight is 205 g/mol. The normalized spacial score (nSPS) is 19.9. The molecule has 0 fully saturated rings. The summed E-state index contributed by atoms with van der Waals surface area (Å²) in [5.41, 5.74) is 2.52. The summed E-state index contributed by atoms with van der Waals surface area (Å²) in [6.07, 6.45) is 3.83. The van der Waals surface area contributed by atoms with Crippen LogP contribution >= 0.6 is 11.3 Å². The summed E-state index contributed by atoms with van der Waals surface area (Å²) in [5, 5.41) is 5.61. The first-order valence-corrected chi connectivity index (χ1v) is 5.56. The van der Waals surface area contributed by atoms with Crippen LogP contribution in [-0.2, 0) is 6.54 Å². The van der Waals surface area contributed by atoms with Crippen molar-refractivity contribution in [2.45, 2.75) is 19.5 Å².